The van der Waals surface area contributed by atoms with Gasteiger partial charge in [-0.3, -0.25) is 8.80 Å². The van der Waals surface area contributed by atoms with Crippen LogP contribution in [0.5, 0.6) is 0 Å². The molecule has 0 radical (unpaired) electrons. The van der Waals surface area contributed by atoms with Crippen molar-refractivity contribution < 1.29 is 36.6 Å². The Balaban J connectivity index is 0.000000174. The van der Waals surface area contributed by atoms with E-state index in [1.807, 2.05) is 8.80 Å². The number of fused-ring (bicyclic) bond motifs is 6. The minimum Gasteiger partial charge on any atom is -0.396 e. The summed E-state index contributed by atoms with van der Waals surface area (Å²) in [5.74, 6) is 1.04. The van der Waals surface area contributed by atoms with Gasteiger partial charge in [0, 0.05) is 38.7 Å². The van der Waals surface area contributed by atoms with Crippen molar-refractivity contribution in [1.82, 2.24) is 28.7 Å². The Morgan fingerprint density at radius 2 is 1.14 bits per heavy atom. The maximum absolute atomic E-state index is 13.4. The van der Waals surface area contributed by atoms with Crippen molar-refractivity contribution in [3.8, 4) is 22.3 Å². The Bertz CT molecular complexity index is 2700. The SMILES string of the molecule is OCCCNc1nc2cc(-c3ccccc3C(F)(F)F)ccc2n2c(I)cnc12.OCCCNc1nc2cc(-c3ccccc3C(F)(F)F)ccc2n2ccnc12. The third kappa shape index (κ3) is 8.31. The van der Waals surface area contributed by atoms with Crippen LogP contribution in [-0.2, 0) is 12.4 Å². The van der Waals surface area contributed by atoms with Crippen molar-refractivity contribution in [3.05, 3.63) is 118 Å². The average Bonchev–Trinajstić information content (AvgIpc) is 3.85. The van der Waals surface area contributed by atoms with Gasteiger partial charge in [0.05, 0.1) is 39.4 Å². The highest BCUT2D eigenvalue weighted by Crippen LogP contribution is 2.39. The first-order valence-corrected chi connectivity index (χ1v) is 18.7. The molecule has 0 atom stereocenters. The minimum absolute atomic E-state index is 0.0429. The maximum atomic E-state index is 13.4. The fourth-order valence-electron chi connectivity index (χ4n) is 6.47. The van der Waals surface area contributed by atoms with Crippen LogP contribution in [-0.4, -0.2) is 65.3 Å². The van der Waals surface area contributed by atoms with Gasteiger partial charge in [-0.2, -0.15) is 26.3 Å². The first-order valence-electron chi connectivity index (χ1n) is 17.6. The zero-order valence-corrected chi connectivity index (χ0v) is 31.9. The molecule has 57 heavy (non-hydrogen) atoms. The summed E-state index contributed by atoms with van der Waals surface area (Å²) >= 11 is 2.16. The van der Waals surface area contributed by atoms with Crippen LogP contribution in [0, 0.1) is 3.70 Å². The molecule has 8 rings (SSSR count). The largest absolute Gasteiger partial charge is 0.417 e. The molecule has 8 aromatic rings. The number of hydrogen-bond acceptors (Lipinski definition) is 8. The van der Waals surface area contributed by atoms with Gasteiger partial charge in [0.2, 0.25) is 0 Å². The number of alkyl halides is 6. The quantitative estimate of drug-likeness (QED) is 0.0609. The summed E-state index contributed by atoms with van der Waals surface area (Å²) in [5.41, 5.74) is 3.58. The van der Waals surface area contributed by atoms with Crippen molar-refractivity contribution in [3.63, 3.8) is 0 Å². The van der Waals surface area contributed by atoms with E-state index in [4.69, 9.17) is 10.2 Å². The lowest BCUT2D eigenvalue weighted by molar-refractivity contribution is -0.137. The molecule has 0 fully saturated rings. The highest BCUT2D eigenvalue weighted by molar-refractivity contribution is 14.1. The van der Waals surface area contributed by atoms with Crippen LogP contribution in [0.15, 0.2) is 104 Å². The molecule has 4 N–H and O–H groups in total. The third-order valence-corrected chi connectivity index (χ3v) is 9.80. The summed E-state index contributed by atoms with van der Waals surface area (Å²) < 4.78 is 85.1. The standard InChI is InChI=1S/C20H16F3IN4O.C20H17F3N4O/c21-20(22,23)14-5-2-1-4-13(14)12-6-7-16-15(10-12)27-18(25-8-3-9-29)19-26-11-17(24)28(16)19;21-20(22,23)15-5-2-1-4-14(15)13-6-7-17-16(12-13)26-18(24-8-3-11-28)19-25-9-10-27(17)19/h1-2,4-7,10-11,29H,3,8-9H2,(H,25,27);1-2,4-7,9-10,12,28H,3,8,11H2,(H,24,26). The lowest BCUT2D eigenvalue weighted by Crippen LogP contribution is -2.08. The topological polar surface area (TPSA) is 125 Å². The van der Waals surface area contributed by atoms with Gasteiger partial charge in [-0.1, -0.05) is 48.5 Å². The lowest BCUT2D eigenvalue weighted by atomic mass is 9.99. The molecule has 4 aromatic carbocycles. The average molecular weight is 899 g/mol. The van der Waals surface area contributed by atoms with Crippen LogP contribution in [0.25, 0.3) is 55.6 Å². The van der Waals surface area contributed by atoms with Crippen LogP contribution in [0.2, 0.25) is 0 Å². The molecule has 0 saturated carbocycles. The van der Waals surface area contributed by atoms with E-state index < -0.39 is 23.5 Å². The van der Waals surface area contributed by atoms with E-state index in [-0.39, 0.29) is 24.3 Å². The van der Waals surface area contributed by atoms with E-state index in [0.29, 0.717) is 71.0 Å². The van der Waals surface area contributed by atoms with Crippen LogP contribution in [0.3, 0.4) is 0 Å². The number of nitrogens with zero attached hydrogens (tertiary/aromatic N) is 6. The molecular weight excluding hydrogens is 865 g/mol. The number of imidazole rings is 2. The van der Waals surface area contributed by atoms with Crippen molar-refractivity contribution >= 4 is 67.6 Å². The number of rotatable bonds is 10. The second-order valence-electron chi connectivity index (χ2n) is 12.8. The molecule has 0 unspecified atom stereocenters. The van der Waals surface area contributed by atoms with Gasteiger partial charge in [-0.05, 0) is 94.1 Å². The Kier molecular flexibility index (Phi) is 11.5. The van der Waals surface area contributed by atoms with E-state index in [1.54, 1.807) is 67.1 Å². The predicted octanol–water partition coefficient (Wildman–Crippen LogP) is 9.33. The second kappa shape index (κ2) is 16.5. The number of nitrogens with one attached hydrogen (secondary N) is 2. The van der Waals surface area contributed by atoms with Crippen molar-refractivity contribution in [2.45, 2.75) is 25.2 Å². The molecule has 17 heteroatoms. The number of anilines is 2. The molecular formula is C40H33F6IN8O2. The second-order valence-corrected chi connectivity index (χ2v) is 13.9. The number of halogens is 7. The minimum atomic E-state index is -4.44. The Morgan fingerprint density at radius 3 is 1.68 bits per heavy atom. The Morgan fingerprint density at radius 1 is 0.632 bits per heavy atom. The van der Waals surface area contributed by atoms with Crippen LogP contribution < -0.4 is 10.6 Å². The summed E-state index contributed by atoms with van der Waals surface area (Å²) in [5, 5.41) is 24.3. The zero-order valence-electron chi connectivity index (χ0n) is 29.8. The molecule has 0 aliphatic carbocycles. The smallest absolute Gasteiger partial charge is 0.396 e. The number of hydrogen-bond donors (Lipinski definition) is 4. The number of aromatic nitrogens is 6. The summed E-state index contributed by atoms with van der Waals surface area (Å²) in [6, 6.07) is 21.2. The van der Waals surface area contributed by atoms with Crippen molar-refractivity contribution in [2.24, 2.45) is 0 Å². The first-order chi connectivity index (χ1) is 27.4. The highest BCUT2D eigenvalue weighted by atomic mass is 127. The summed E-state index contributed by atoms with van der Waals surface area (Å²) in [6.07, 6.45) is -2.67. The molecule has 0 saturated heterocycles. The fourth-order valence-corrected chi connectivity index (χ4v) is 7.10. The van der Waals surface area contributed by atoms with Crippen LogP contribution in [0.4, 0.5) is 38.0 Å². The monoisotopic (exact) mass is 898 g/mol. The molecule has 0 aliphatic heterocycles. The van der Waals surface area contributed by atoms with Gasteiger partial charge in [0.25, 0.3) is 0 Å². The van der Waals surface area contributed by atoms with E-state index in [2.05, 4.69) is 53.2 Å². The first kappa shape index (κ1) is 39.7. The maximum Gasteiger partial charge on any atom is 0.417 e. The molecule has 0 bridgehead atoms. The summed E-state index contributed by atoms with van der Waals surface area (Å²) in [4.78, 5) is 17.9. The van der Waals surface area contributed by atoms with Crippen molar-refractivity contribution in [1.29, 1.82) is 0 Å². The van der Waals surface area contributed by atoms with E-state index >= 15 is 0 Å². The molecule has 0 spiro atoms. The van der Waals surface area contributed by atoms with Gasteiger partial charge in [0.15, 0.2) is 22.9 Å². The van der Waals surface area contributed by atoms with E-state index in [9.17, 15) is 26.3 Å². The van der Waals surface area contributed by atoms with Gasteiger partial charge < -0.3 is 20.8 Å². The number of benzene rings is 4. The predicted molar refractivity (Wildman–Crippen MR) is 215 cm³/mol. The van der Waals surface area contributed by atoms with E-state index in [1.165, 1.54) is 24.3 Å². The number of aliphatic hydroxyl groups excluding tert-OH is 2. The highest BCUT2D eigenvalue weighted by Gasteiger charge is 2.34. The molecule has 294 valence electrons. The van der Waals surface area contributed by atoms with E-state index in [0.717, 1.165) is 26.9 Å². The lowest BCUT2D eigenvalue weighted by Gasteiger charge is -2.14. The molecule has 0 amide bonds. The Hall–Kier alpha value is -5.53. The molecule has 4 heterocycles. The van der Waals surface area contributed by atoms with Gasteiger partial charge in [0.1, 0.15) is 3.70 Å². The van der Waals surface area contributed by atoms with Gasteiger partial charge >= 0.3 is 12.4 Å². The van der Waals surface area contributed by atoms with Gasteiger partial charge in [-0.15, -0.1) is 0 Å². The zero-order chi connectivity index (χ0) is 40.3. The summed E-state index contributed by atoms with van der Waals surface area (Å²) in [6.45, 7) is 1.10. The Labute approximate surface area is 334 Å². The third-order valence-electron chi connectivity index (χ3n) is 9.04. The normalized spacial score (nSPS) is 12.0. The fraction of sp³-hybridized carbons (Fsp3) is 0.200. The molecule has 10 nitrogen and oxygen atoms in total. The molecule has 4 aromatic heterocycles. The van der Waals surface area contributed by atoms with Crippen LogP contribution >= 0.6 is 22.6 Å². The summed E-state index contributed by atoms with van der Waals surface area (Å²) in [7, 11) is 0. The van der Waals surface area contributed by atoms with Gasteiger partial charge in [-0.25, -0.2) is 19.9 Å². The van der Waals surface area contributed by atoms with Crippen molar-refractivity contribution in [2.75, 3.05) is 36.9 Å². The molecule has 0 aliphatic rings. The van der Waals surface area contributed by atoms with Crippen LogP contribution in [0.1, 0.15) is 24.0 Å². The number of aliphatic hydroxyl groups is 2.